The molecule has 3 nitrogen and oxygen atoms in total. The molecule has 0 aromatic carbocycles. The lowest BCUT2D eigenvalue weighted by Gasteiger charge is -2.10. The molecule has 10 heavy (non-hydrogen) atoms. The number of hydrogen-bond donors (Lipinski definition) is 2. The molecule has 0 atom stereocenters. The molecular formula is C4H4I3NO2. The summed E-state index contributed by atoms with van der Waals surface area (Å²) < 4.78 is -0.342. The van der Waals surface area contributed by atoms with Crippen molar-refractivity contribution in [3.8, 4) is 0 Å². The number of alkyl halides is 3. The molecule has 0 spiro atoms. The Morgan fingerprint density at radius 3 is 2.00 bits per heavy atom. The number of carboxylic acid groups (broad SMARTS) is 1. The molecule has 0 saturated carbocycles. The molecule has 0 fully saturated rings. The Hall–Kier alpha value is 1.20. The molecule has 58 valence electrons. The molecule has 0 aliphatic carbocycles. The van der Waals surface area contributed by atoms with Crippen LogP contribution in [0.25, 0.3) is 0 Å². The maximum atomic E-state index is 10.1. The minimum absolute atomic E-state index is 0.342. The fourth-order valence-electron chi connectivity index (χ4n) is 0.215. The van der Waals surface area contributed by atoms with Crippen molar-refractivity contribution in [2.45, 2.75) is -0.565 Å². The van der Waals surface area contributed by atoms with Crippen molar-refractivity contribution in [3.05, 3.63) is 11.8 Å². The van der Waals surface area contributed by atoms with Crippen LogP contribution < -0.4 is 5.73 Å². The SMILES string of the molecule is NC(=CC(=O)O)C(I)(I)I. The summed E-state index contributed by atoms with van der Waals surface area (Å²) in [6.45, 7) is 0. The highest BCUT2D eigenvalue weighted by Gasteiger charge is 2.21. The predicted octanol–water partition coefficient (Wildman–Crippen LogP) is 1.87. The van der Waals surface area contributed by atoms with Crippen molar-refractivity contribution in [2.24, 2.45) is 5.73 Å². The normalized spacial score (nSPS) is 13.3. The van der Waals surface area contributed by atoms with Crippen LogP contribution >= 0.6 is 67.8 Å². The monoisotopic (exact) mass is 479 g/mol. The van der Waals surface area contributed by atoms with E-state index < -0.39 is 5.97 Å². The zero-order valence-electron chi connectivity index (χ0n) is 4.64. The van der Waals surface area contributed by atoms with Gasteiger partial charge in [0, 0.05) is 6.08 Å². The van der Waals surface area contributed by atoms with Gasteiger partial charge in [-0.3, -0.25) is 0 Å². The Kier molecular flexibility index (Phi) is 4.80. The van der Waals surface area contributed by atoms with Crippen LogP contribution in [0, 0.1) is 0 Å². The number of carbonyl (C=O) groups is 1. The molecule has 0 aromatic heterocycles. The summed E-state index contributed by atoms with van der Waals surface area (Å²) in [5.41, 5.74) is 5.76. The van der Waals surface area contributed by atoms with Crippen LogP contribution in [-0.2, 0) is 4.79 Å². The third kappa shape index (κ3) is 4.93. The van der Waals surface area contributed by atoms with Gasteiger partial charge in [0.1, 0.15) is 0 Å². The van der Waals surface area contributed by atoms with E-state index in [1.807, 2.05) is 0 Å². The number of nitrogens with two attached hydrogens (primary N) is 1. The maximum Gasteiger partial charge on any atom is 0.330 e. The number of halogens is 3. The standard InChI is InChI=1S/C4H4I3NO2/c5-4(6,7)2(8)1-3(9)10/h1H,8H2,(H,9,10). The average Bonchev–Trinajstić information content (AvgIpc) is 1.60. The molecule has 0 heterocycles. The van der Waals surface area contributed by atoms with Gasteiger partial charge in [0.15, 0.2) is -0.565 Å². The molecule has 6 heteroatoms. The minimum Gasteiger partial charge on any atom is -0.478 e. The molecule has 0 aliphatic rings. The molecule has 0 unspecified atom stereocenters. The van der Waals surface area contributed by atoms with Crippen LogP contribution in [0.5, 0.6) is 0 Å². The summed E-state index contributed by atoms with van der Waals surface area (Å²) in [6, 6.07) is 0. The molecule has 0 rings (SSSR count). The van der Waals surface area contributed by atoms with Crippen molar-refractivity contribution in [2.75, 3.05) is 0 Å². The Morgan fingerprint density at radius 2 is 1.90 bits per heavy atom. The van der Waals surface area contributed by atoms with E-state index in [0.717, 1.165) is 6.08 Å². The van der Waals surface area contributed by atoms with E-state index in [2.05, 4.69) is 67.8 Å². The summed E-state index contributed by atoms with van der Waals surface area (Å²) >= 11 is 6.16. The smallest absolute Gasteiger partial charge is 0.330 e. The minimum atomic E-state index is -1.01. The van der Waals surface area contributed by atoms with Crippen molar-refractivity contribution in [3.63, 3.8) is 0 Å². The van der Waals surface area contributed by atoms with E-state index in [1.165, 1.54) is 0 Å². The number of hydrogen-bond acceptors (Lipinski definition) is 2. The van der Waals surface area contributed by atoms with Gasteiger partial charge >= 0.3 is 5.97 Å². The van der Waals surface area contributed by atoms with Crippen molar-refractivity contribution in [1.29, 1.82) is 0 Å². The molecule has 0 aliphatic heterocycles. The first-order valence-electron chi connectivity index (χ1n) is 2.11. The zero-order chi connectivity index (χ0) is 8.36. The third-order valence-corrected chi connectivity index (χ3v) is 2.47. The maximum absolute atomic E-state index is 10.1. The first-order valence-corrected chi connectivity index (χ1v) is 5.35. The highest BCUT2D eigenvalue weighted by molar-refractivity contribution is 14.3. The summed E-state index contributed by atoms with van der Waals surface area (Å²) in [4.78, 5) is 10.1. The molecule has 0 radical (unpaired) electrons. The average molecular weight is 479 g/mol. The van der Waals surface area contributed by atoms with E-state index in [-0.39, 0.29) is -0.565 Å². The Morgan fingerprint density at radius 1 is 1.50 bits per heavy atom. The highest BCUT2D eigenvalue weighted by Crippen LogP contribution is 2.39. The lowest BCUT2D eigenvalue weighted by atomic mass is 10.4. The van der Waals surface area contributed by atoms with E-state index in [0.29, 0.717) is 5.70 Å². The second kappa shape index (κ2) is 4.28. The first-order chi connectivity index (χ1) is 4.34. The van der Waals surface area contributed by atoms with Crippen LogP contribution in [0.2, 0.25) is 0 Å². The van der Waals surface area contributed by atoms with Gasteiger partial charge in [0.05, 0.1) is 5.70 Å². The Labute approximate surface area is 99.2 Å². The summed E-state index contributed by atoms with van der Waals surface area (Å²) in [7, 11) is 0. The summed E-state index contributed by atoms with van der Waals surface area (Å²) in [6.07, 6.45) is 1.01. The van der Waals surface area contributed by atoms with E-state index >= 15 is 0 Å². The van der Waals surface area contributed by atoms with Gasteiger partial charge in [-0.05, 0) is 67.8 Å². The predicted molar refractivity (Wildman–Crippen MR) is 64.7 cm³/mol. The number of aliphatic carboxylic acids is 1. The quantitative estimate of drug-likeness (QED) is 0.362. The fourth-order valence-corrected chi connectivity index (χ4v) is 0.682. The second-order valence-electron chi connectivity index (χ2n) is 1.44. The van der Waals surface area contributed by atoms with Crippen LogP contribution in [0.1, 0.15) is 0 Å². The van der Waals surface area contributed by atoms with Crippen molar-refractivity contribution in [1.82, 2.24) is 0 Å². The van der Waals surface area contributed by atoms with Crippen LogP contribution in [0.4, 0.5) is 0 Å². The van der Waals surface area contributed by atoms with Gasteiger partial charge in [-0.1, -0.05) is 0 Å². The van der Waals surface area contributed by atoms with Crippen molar-refractivity contribution < 1.29 is 9.90 Å². The second-order valence-corrected chi connectivity index (χ2v) is 12.5. The number of carboxylic acids is 1. The Bertz CT molecular complexity index is 172. The molecule has 0 bridgehead atoms. The van der Waals surface area contributed by atoms with Gasteiger partial charge in [0.25, 0.3) is 0 Å². The highest BCUT2D eigenvalue weighted by atomic mass is 127. The van der Waals surface area contributed by atoms with Gasteiger partial charge < -0.3 is 10.8 Å². The van der Waals surface area contributed by atoms with Crippen LogP contribution in [0.3, 0.4) is 0 Å². The van der Waals surface area contributed by atoms with E-state index in [4.69, 9.17) is 10.8 Å². The molecule has 0 aromatic rings. The number of rotatable bonds is 2. The lowest BCUT2D eigenvalue weighted by Crippen LogP contribution is -2.15. The first kappa shape index (κ1) is 11.2. The third-order valence-electron chi connectivity index (χ3n) is 0.606. The van der Waals surface area contributed by atoms with Crippen LogP contribution in [0.15, 0.2) is 11.8 Å². The fraction of sp³-hybridized carbons (Fsp3) is 0.250. The summed E-state index contributed by atoms with van der Waals surface area (Å²) in [5.74, 6) is -1.01. The largest absolute Gasteiger partial charge is 0.478 e. The molecule has 3 N–H and O–H groups in total. The van der Waals surface area contributed by atoms with Crippen LogP contribution in [-0.4, -0.2) is 10.5 Å². The van der Waals surface area contributed by atoms with E-state index in [9.17, 15) is 4.79 Å². The zero-order valence-corrected chi connectivity index (χ0v) is 11.1. The lowest BCUT2D eigenvalue weighted by molar-refractivity contribution is -0.131. The summed E-state index contributed by atoms with van der Waals surface area (Å²) in [5, 5.41) is 8.28. The van der Waals surface area contributed by atoms with Gasteiger partial charge in [-0.15, -0.1) is 0 Å². The van der Waals surface area contributed by atoms with Crippen molar-refractivity contribution >= 4 is 73.7 Å². The molecule has 0 amide bonds. The van der Waals surface area contributed by atoms with Gasteiger partial charge in [-0.25, -0.2) is 4.79 Å². The van der Waals surface area contributed by atoms with E-state index in [1.54, 1.807) is 0 Å². The Balaban J connectivity index is 4.35. The molecule has 0 saturated heterocycles. The van der Waals surface area contributed by atoms with Gasteiger partial charge in [-0.2, -0.15) is 0 Å². The number of allylic oxidation sites excluding steroid dienone is 1. The molecular weight excluding hydrogens is 475 g/mol. The van der Waals surface area contributed by atoms with Gasteiger partial charge in [0.2, 0.25) is 0 Å². The topological polar surface area (TPSA) is 63.3 Å².